The minimum atomic E-state index is -0.342. The molecule has 0 unspecified atom stereocenters. The summed E-state index contributed by atoms with van der Waals surface area (Å²) in [6, 6.07) is 0. The van der Waals surface area contributed by atoms with Gasteiger partial charge in [0.25, 0.3) is 0 Å². The largest absolute Gasteiger partial charge is 0.393 e. The van der Waals surface area contributed by atoms with Gasteiger partial charge in [0.05, 0.1) is 6.10 Å². The predicted molar refractivity (Wildman–Crippen MR) is 50.9 cm³/mol. The molecule has 3 N–H and O–H groups in total. The second-order valence-electron chi connectivity index (χ2n) is 3.78. The lowest BCUT2D eigenvalue weighted by Crippen LogP contribution is -2.18. The highest BCUT2D eigenvalue weighted by atomic mass is 16.3. The van der Waals surface area contributed by atoms with Crippen molar-refractivity contribution in [2.45, 2.75) is 38.7 Å². The van der Waals surface area contributed by atoms with E-state index in [-0.39, 0.29) is 12.0 Å². The van der Waals surface area contributed by atoms with Gasteiger partial charge in [-0.3, -0.25) is 4.79 Å². The number of primary amides is 1. The molecule has 74 valence electrons. The maximum absolute atomic E-state index is 10.7. The molecule has 1 amide bonds. The Morgan fingerprint density at radius 3 is 2.38 bits per heavy atom. The molecule has 3 nitrogen and oxygen atoms in total. The van der Waals surface area contributed by atoms with E-state index in [1.165, 1.54) is 0 Å². The summed E-state index contributed by atoms with van der Waals surface area (Å²) in [5, 5.41) is 9.26. The Bertz CT molecular complexity index is 215. The van der Waals surface area contributed by atoms with E-state index in [1.807, 2.05) is 6.08 Å². The van der Waals surface area contributed by atoms with Gasteiger partial charge in [-0.1, -0.05) is 6.08 Å². The van der Waals surface area contributed by atoms with Gasteiger partial charge in [-0.2, -0.15) is 0 Å². The van der Waals surface area contributed by atoms with Gasteiger partial charge in [0.2, 0.25) is 5.91 Å². The zero-order valence-electron chi connectivity index (χ0n) is 7.99. The molecule has 0 aliphatic heterocycles. The first-order valence-corrected chi connectivity index (χ1v) is 4.76. The lowest BCUT2D eigenvalue weighted by molar-refractivity contribution is -0.114. The lowest BCUT2D eigenvalue weighted by atomic mass is 9.86. The Balaban J connectivity index is 2.46. The van der Waals surface area contributed by atoms with Gasteiger partial charge >= 0.3 is 0 Å². The van der Waals surface area contributed by atoms with Gasteiger partial charge in [-0.05, 0) is 38.5 Å². The minimum Gasteiger partial charge on any atom is -0.393 e. The average Bonchev–Trinajstić information content (AvgIpc) is 2.08. The van der Waals surface area contributed by atoms with Crippen LogP contribution < -0.4 is 5.73 Å². The third-order valence-electron chi connectivity index (χ3n) is 2.62. The van der Waals surface area contributed by atoms with Crippen molar-refractivity contribution in [3.05, 3.63) is 11.6 Å². The Kier molecular flexibility index (Phi) is 3.48. The van der Waals surface area contributed by atoms with Crippen molar-refractivity contribution < 1.29 is 9.90 Å². The van der Waals surface area contributed by atoms with Gasteiger partial charge in [0, 0.05) is 5.57 Å². The van der Waals surface area contributed by atoms with E-state index in [0.29, 0.717) is 11.5 Å². The molecule has 3 heteroatoms. The number of carbonyl (C=O) groups excluding carboxylic acids is 1. The SMILES string of the molecule is CC(=CC1CCC(O)CC1)C(N)=O. The summed E-state index contributed by atoms with van der Waals surface area (Å²) >= 11 is 0. The highest BCUT2D eigenvalue weighted by Gasteiger charge is 2.17. The van der Waals surface area contributed by atoms with Crippen LogP contribution in [-0.4, -0.2) is 17.1 Å². The fourth-order valence-corrected chi connectivity index (χ4v) is 1.70. The Hall–Kier alpha value is -0.830. The van der Waals surface area contributed by atoms with Crippen LogP contribution in [0.1, 0.15) is 32.6 Å². The zero-order chi connectivity index (χ0) is 9.84. The summed E-state index contributed by atoms with van der Waals surface area (Å²) in [7, 11) is 0. The van der Waals surface area contributed by atoms with Crippen molar-refractivity contribution in [3.63, 3.8) is 0 Å². The van der Waals surface area contributed by atoms with E-state index in [2.05, 4.69) is 0 Å². The molecule has 0 saturated heterocycles. The molecule has 1 rings (SSSR count). The number of carbonyl (C=O) groups is 1. The molecule has 0 heterocycles. The number of hydrogen-bond acceptors (Lipinski definition) is 2. The standard InChI is InChI=1S/C10H17NO2/c1-7(10(11)13)6-8-2-4-9(12)5-3-8/h6,8-9,12H,2-5H2,1H3,(H2,11,13). The summed E-state index contributed by atoms with van der Waals surface area (Å²) in [5.41, 5.74) is 5.76. The molecule has 0 aromatic rings. The fourth-order valence-electron chi connectivity index (χ4n) is 1.70. The second-order valence-corrected chi connectivity index (χ2v) is 3.78. The van der Waals surface area contributed by atoms with E-state index in [4.69, 9.17) is 5.73 Å². The second kappa shape index (κ2) is 4.42. The summed E-state index contributed by atoms with van der Waals surface area (Å²) in [4.78, 5) is 10.7. The molecule has 1 fully saturated rings. The van der Waals surface area contributed by atoms with E-state index in [1.54, 1.807) is 6.92 Å². The monoisotopic (exact) mass is 183 g/mol. The number of aliphatic hydroxyl groups is 1. The Morgan fingerprint density at radius 2 is 1.92 bits per heavy atom. The van der Waals surface area contributed by atoms with Crippen LogP contribution in [0.2, 0.25) is 0 Å². The molecule has 0 bridgehead atoms. The smallest absolute Gasteiger partial charge is 0.244 e. The van der Waals surface area contributed by atoms with Crippen molar-refractivity contribution >= 4 is 5.91 Å². The van der Waals surface area contributed by atoms with Crippen molar-refractivity contribution in [2.75, 3.05) is 0 Å². The first-order valence-electron chi connectivity index (χ1n) is 4.76. The Morgan fingerprint density at radius 1 is 1.38 bits per heavy atom. The van der Waals surface area contributed by atoms with Gasteiger partial charge in [-0.15, -0.1) is 0 Å². The number of amides is 1. The van der Waals surface area contributed by atoms with Gasteiger partial charge in [0.15, 0.2) is 0 Å². The summed E-state index contributed by atoms with van der Waals surface area (Å²) in [6.07, 6.45) is 5.41. The normalized spacial score (nSPS) is 30.2. The third kappa shape index (κ3) is 3.19. The summed E-state index contributed by atoms with van der Waals surface area (Å²) in [6.45, 7) is 1.74. The third-order valence-corrected chi connectivity index (χ3v) is 2.62. The van der Waals surface area contributed by atoms with Gasteiger partial charge in [0.1, 0.15) is 0 Å². The van der Waals surface area contributed by atoms with Crippen LogP contribution in [0.15, 0.2) is 11.6 Å². The van der Waals surface area contributed by atoms with Gasteiger partial charge < -0.3 is 10.8 Å². The molecule has 1 aliphatic carbocycles. The van der Waals surface area contributed by atoms with Crippen molar-refractivity contribution in [2.24, 2.45) is 11.7 Å². The fraction of sp³-hybridized carbons (Fsp3) is 0.700. The highest BCUT2D eigenvalue weighted by molar-refractivity contribution is 5.91. The number of allylic oxidation sites excluding steroid dienone is 1. The van der Waals surface area contributed by atoms with Crippen LogP contribution in [0.25, 0.3) is 0 Å². The summed E-state index contributed by atoms with van der Waals surface area (Å²) < 4.78 is 0. The van der Waals surface area contributed by atoms with Crippen molar-refractivity contribution in [1.29, 1.82) is 0 Å². The lowest BCUT2D eigenvalue weighted by Gasteiger charge is -2.23. The highest BCUT2D eigenvalue weighted by Crippen LogP contribution is 2.25. The van der Waals surface area contributed by atoms with Crippen LogP contribution in [0.4, 0.5) is 0 Å². The van der Waals surface area contributed by atoms with E-state index in [0.717, 1.165) is 25.7 Å². The maximum atomic E-state index is 10.7. The Labute approximate surface area is 78.6 Å². The van der Waals surface area contributed by atoms with E-state index >= 15 is 0 Å². The topological polar surface area (TPSA) is 63.3 Å². The average molecular weight is 183 g/mol. The molecule has 0 spiro atoms. The first kappa shape index (κ1) is 10.3. The van der Waals surface area contributed by atoms with Crippen molar-refractivity contribution in [3.8, 4) is 0 Å². The molecule has 0 aromatic heterocycles. The number of rotatable bonds is 2. The van der Waals surface area contributed by atoms with Crippen LogP contribution in [0.5, 0.6) is 0 Å². The van der Waals surface area contributed by atoms with Gasteiger partial charge in [-0.25, -0.2) is 0 Å². The molecular formula is C10H17NO2. The van der Waals surface area contributed by atoms with Crippen LogP contribution in [0.3, 0.4) is 0 Å². The molecule has 0 radical (unpaired) electrons. The number of aliphatic hydroxyl groups excluding tert-OH is 1. The maximum Gasteiger partial charge on any atom is 0.244 e. The van der Waals surface area contributed by atoms with Crippen LogP contribution >= 0.6 is 0 Å². The van der Waals surface area contributed by atoms with Crippen LogP contribution in [0, 0.1) is 5.92 Å². The first-order chi connectivity index (χ1) is 6.09. The number of hydrogen-bond donors (Lipinski definition) is 2. The predicted octanol–water partition coefficient (Wildman–Crippen LogP) is 0.969. The molecular weight excluding hydrogens is 166 g/mol. The minimum absolute atomic E-state index is 0.140. The molecule has 0 atom stereocenters. The zero-order valence-corrected chi connectivity index (χ0v) is 7.99. The summed E-state index contributed by atoms with van der Waals surface area (Å²) in [5.74, 6) is 0.0852. The molecule has 1 aliphatic rings. The van der Waals surface area contributed by atoms with Crippen molar-refractivity contribution in [1.82, 2.24) is 0 Å². The molecule has 0 aromatic carbocycles. The molecule has 1 saturated carbocycles. The van der Waals surface area contributed by atoms with Crippen LogP contribution in [-0.2, 0) is 4.79 Å². The van der Waals surface area contributed by atoms with E-state index in [9.17, 15) is 9.90 Å². The number of nitrogens with two attached hydrogens (primary N) is 1. The van der Waals surface area contributed by atoms with E-state index < -0.39 is 0 Å². The quantitative estimate of drug-likeness (QED) is 0.626. The molecule has 13 heavy (non-hydrogen) atoms.